The molecule has 0 aliphatic rings. The average molecular weight is 447 g/mol. The molecule has 0 aliphatic heterocycles. The number of aromatic nitrogens is 3. The molecule has 32 heavy (non-hydrogen) atoms. The fraction of sp³-hybridized carbons (Fsp3) is 0.160. The lowest BCUT2D eigenvalue weighted by atomic mass is 10.1. The molecule has 0 saturated carbocycles. The van der Waals surface area contributed by atoms with Crippen LogP contribution in [-0.2, 0) is 13.0 Å². The highest BCUT2D eigenvalue weighted by atomic mass is 35.5. The number of halogens is 1. The predicted molar refractivity (Wildman–Crippen MR) is 126 cm³/mol. The van der Waals surface area contributed by atoms with Crippen LogP contribution in [-0.4, -0.2) is 27.8 Å². The number of rotatable bonds is 7. The van der Waals surface area contributed by atoms with Crippen LogP contribution in [0.1, 0.15) is 21.5 Å². The van der Waals surface area contributed by atoms with Crippen molar-refractivity contribution in [3.63, 3.8) is 0 Å². The van der Waals surface area contributed by atoms with Gasteiger partial charge in [0.15, 0.2) is 5.82 Å². The van der Waals surface area contributed by atoms with Gasteiger partial charge in [-0.25, -0.2) is 0 Å². The number of benzene rings is 3. The van der Waals surface area contributed by atoms with E-state index in [-0.39, 0.29) is 12.3 Å². The highest BCUT2D eigenvalue weighted by Crippen LogP contribution is 2.21. The summed E-state index contributed by atoms with van der Waals surface area (Å²) in [6.07, 6.45) is 0.182. The number of methoxy groups -OCH3 is 1. The molecule has 0 saturated heterocycles. The number of hydrogen-bond acceptors (Lipinski definition) is 5. The standard InChI is InChI=1S/C25H23ClN4O2/c1-17-7-11-19(12-8-17)24-28-25(27-16-20-5-3-4-6-22(20)26)30(29-24)23(31)15-18-9-13-21(32-2)14-10-18/h3-14H,15-16H2,1-2H3,(H,27,28,29). The van der Waals surface area contributed by atoms with Crippen LogP contribution in [0.15, 0.2) is 72.8 Å². The summed E-state index contributed by atoms with van der Waals surface area (Å²) < 4.78 is 6.52. The van der Waals surface area contributed by atoms with Crippen LogP contribution >= 0.6 is 11.6 Å². The monoisotopic (exact) mass is 446 g/mol. The van der Waals surface area contributed by atoms with Crippen molar-refractivity contribution in [3.8, 4) is 17.1 Å². The van der Waals surface area contributed by atoms with Crippen molar-refractivity contribution >= 4 is 23.5 Å². The molecule has 0 fully saturated rings. The largest absolute Gasteiger partial charge is 0.497 e. The highest BCUT2D eigenvalue weighted by molar-refractivity contribution is 6.31. The van der Waals surface area contributed by atoms with Gasteiger partial charge in [-0.1, -0.05) is 71.8 Å². The molecule has 0 atom stereocenters. The minimum atomic E-state index is -0.192. The van der Waals surface area contributed by atoms with Crippen molar-refractivity contribution < 1.29 is 9.53 Å². The molecule has 1 aromatic heterocycles. The van der Waals surface area contributed by atoms with Gasteiger partial charge in [-0.3, -0.25) is 4.79 Å². The number of carbonyl (C=O) groups is 1. The van der Waals surface area contributed by atoms with Crippen LogP contribution in [0.5, 0.6) is 5.75 Å². The second-order valence-corrected chi connectivity index (χ2v) is 7.81. The Morgan fingerprint density at radius 1 is 1.03 bits per heavy atom. The van der Waals surface area contributed by atoms with Gasteiger partial charge in [0, 0.05) is 17.1 Å². The smallest absolute Gasteiger partial charge is 0.254 e. The van der Waals surface area contributed by atoms with E-state index in [0.717, 1.165) is 28.0 Å². The summed E-state index contributed by atoms with van der Waals surface area (Å²) in [5, 5.41) is 8.38. The second kappa shape index (κ2) is 9.66. The minimum absolute atomic E-state index is 0.182. The SMILES string of the molecule is COc1ccc(CC(=O)n2nc(-c3ccc(C)cc3)nc2NCc2ccccc2Cl)cc1. The van der Waals surface area contributed by atoms with Crippen LogP contribution < -0.4 is 10.1 Å². The summed E-state index contributed by atoms with van der Waals surface area (Å²) >= 11 is 6.28. The van der Waals surface area contributed by atoms with Crippen LogP contribution in [0.3, 0.4) is 0 Å². The molecular weight excluding hydrogens is 424 g/mol. The summed E-state index contributed by atoms with van der Waals surface area (Å²) in [6, 6.07) is 22.8. The number of nitrogens with zero attached hydrogens (tertiary/aromatic N) is 3. The first kappa shape index (κ1) is 21.6. The molecule has 7 heteroatoms. The van der Waals surface area contributed by atoms with Crippen molar-refractivity contribution in [3.05, 3.63) is 94.5 Å². The van der Waals surface area contributed by atoms with Gasteiger partial charge in [-0.15, -0.1) is 5.10 Å². The number of nitrogens with one attached hydrogen (secondary N) is 1. The quantitative estimate of drug-likeness (QED) is 0.411. The van der Waals surface area contributed by atoms with Gasteiger partial charge in [0.1, 0.15) is 5.75 Å². The van der Waals surface area contributed by atoms with E-state index in [0.29, 0.717) is 23.3 Å². The van der Waals surface area contributed by atoms with Crippen LogP contribution in [0, 0.1) is 6.92 Å². The number of carbonyl (C=O) groups excluding carboxylic acids is 1. The first-order chi connectivity index (χ1) is 15.5. The van der Waals surface area contributed by atoms with E-state index in [1.54, 1.807) is 7.11 Å². The van der Waals surface area contributed by atoms with Crippen molar-refractivity contribution in [2.75, 3.05) is 12.4 Å². The third-order valence-electron chi connectivity index (χ3n) is 5.06. The Hall–Kier alpha value is -3.64. The van der Waals surface area contributed by atoms with E-state index in [4.69, 9.17) is 16.3 Å². The summed E-state index contributed by atoms with van der Waals surface area (Å²) in [4.78, 5) is 17.7. The lowest BCUT2D eigenvalue weighted by Gasteiger charge is -2.09. The Balaban J connectivity index is 1.62. The highest BCUT2D eigenvalue weighted by Gasteiger charge is 2.18. The van der Waals surface area contributed by atoms with Gasteiger partial charge in [0.25, 0.3) is 5.91 Å². The van der Waals surface area contributed by atoms with Gasteiger partial charge >= 0.3 is 0 Å². The molecule has 1 N–H and O–H groups in total. The molecule has 0 radical (unpaired) electrons. The minimum Gasteiger partial charge on any atom is -0.497 e. The van der Waals surface area contributed by atoms with Gasteiger partial charge < -0.3 is 10.1 Å². The number of anilines is 1. The molecule has 0 bridgehead atoms. The fourth-order valence-corrected chi connectivity index (χ4v) is 3.44. The molecule has 3 aromatic carbocycles. The normalized spacial score (nSPS) is 10.7. The average Bonchev–Trinajstić information content (AvgIpc) is 3.24. The lowest BCUT2D eigenvalue weighted by Crippen LogP contribution is -2.18. The van der Waals surface area contributed by atoms with Crippen LogP contribution in [0.25, 0.3) is 11.4 Å². The molecule has 1 heterocycles. The Kier molecular flexibility index (Phi) is 6.52. The summed E-state index contributed by atoms with van der Waals surface area (Å²) in [5.74, 6) is 1.40. The second-order valence-electron chi connectivity index (χ2n) is 7.40. The van der Waals surface area contributed by atoms with Crippen molar-refractivity contribution in [1.82, 2.24) is 14.8 Å². The maximum atomic E-state index is 13.1. The Morgan fingerprint density at radius 3 is 2.44 bits per heavy atom. The molecule has 6 nitrogen and oxygen atoms in total. The zero-order chi connectivity index (χ0) is 22.5. The van der Waals surface area contributed by atoms with Crippen LogP contribution in [0.4, 0.5) is 5.95 Å². The molecule has 162 valence electrons. The van der Waals surface area contributed by atoms with E-state index in [2.05, 4.69) is 15.4 Å². The van der Waals surface area contributed by atoms with E-state index < -0.39 is 0 Å². The van der Waals surface area contributed by atoms with E-state index in [1.165, 1.54) is 4.68 Å². The molecule has 0 spiro atoms. The summed E-state index contributed by atoms with van der Waals surface area (Å²) in [6.45, 7) is 2.44. The molecule has 0 unspecified atom stereocenters. The van der Waals surface area contributed by atoms with Gasteiger partial charge in [-0.05, 0) is 36.2 Å². The molecule has 0 aliphatic carbocycles. The maximum absolute atomic E-state index is 13.1. The maximum Gasteiger partial charge on any atom is 0.254 e. The van der Waals surface area contributed by atoms with Crippen molar-refractivity contribution in [1.29, 1.82) is 0 Å². The Bertz CT molecular complexity index is 1220. The summed E-state index contributed by atoms with van der Waals surface area (Å²) in [5.41, 5.74) is 3.75. The van der Waals surface area contributed by atoms with E-state index >= 15 is 0 Å². The summed E-state index contributed by atoms with van der Waals surface area (Å²) in [7, 11) is 1.61. The van der Waals surface area contributed by atoms with E-state index in [1.807, 2.05) is 79.7 Å². The van der Waals surface area contributed by atoms with Crippen molar-refractivity contribution in [2.45, 2.75) is 19.9 Å². The van der Waals surface area contributed by atoms with E-state index in [9.17, 15) is 4.79 Å². The first-order valence-corrected chi connectivity index (χ1v) is 10.6. The van der Waals surface area contributed by atoms with Gasteiger partial charge in [0.05, 0.1) is 13.5 Å². The molecular formula is C25H23ClN4O2. The van der Waals surface area contributed by atoms with Gasteiger partial charge in [0.2, 0.25) is 5.95 Å². The zero-order valence-corrected chi connectivity index (χ0v) is 18.6. The zero-order valence-electron chi connectivity index (χ0n) is 17.9. The third kappa shape index (κ3) is 4.98. The predicted octanol–water partition coefficient (Wildman–Crippen LogP) is 5.41. The Labute approximate surface area is 191 Å². The topological polar surface area (TPSA) is 69.0 Å². The van der Waals surface area contributed by atoms with Crippen LogP contribution in [0.2, 0.25) is 5.02 Å². The molecule has 4 rings (SSSR count). The number of aryl methyl sites for hydroxylation is 1. The number of hydrogen-bond donors (Lipinski definition) is 1. The molecule has 0 amide bonds. The van der Waals surface area contributed by atoms with Gasteiger partial charge in [-0.2, -0.15) is 9.67 Å². The van der Waals surface area contributed by atoms with Crippen molar-refractivity contribution in [2.24, 2.45) is 0 Å². The first-order valence-electron chi connectivity index (χ1n) is 10.2. The lowest BCUT2D eigenvalue weighted by molar-refractivity contribution is 0.0901. The Morgan fingerprint density at radius 2 is 1.75 bits per heavy atom. The number of ether oxygens (including phenoxy) is 1. The third-order valence-corrected chi connectivity index (χ3v) is 5.43. The fourth-order valence-electron chi connectivity index (χ4n) is 3.23. The molecule has 4 aromatic rings.